The molecule has 2 N–H and O–H groups in total. The maximum atomic E-state index is 12.4. The molecule has 6 nitrogen and oxygen atoms in total. The molecule has 0 spiro atoms. The predicted molar refractivity (Wildman–Crippen MR) is 69.8 cm³/mol. The average molecular weight is 320 g/mol. The lowest BCUT2D eigenvalue weighted by molar-refractivity contribution is -0.156. The Morgan fingerprint density at radius 3 is 2.09 bits per heavy atom. The van der Waals surface area contributed by atoms with Gasteiger partial charge < -0.3 is 15.0 Å². The van der Waals surface area contributed by atoms with Crippen molar-refractivity contribution in [3.05, 3.63) is 22.5 Å². The molecule has 122 valence electrons. The van der Waals surface area contributed by atoms with Crippen molar-refractivity contribution in [2.45, 2.75) is 33.0 Å². The first-order valence-electron chi connectivity index (χ1n) is 6.20. The van der Waals surface area contributed by atoms with Crippen LogP contribution in [0.2, 0.25) is 0 Å². The van der Waals surface area contributed by atoms with E-state index in [4.69, 9.17) is 5.11 Å². The third kappa shape index (κ3) is 3.12. The molecule has 0 aliphatic carbocycles. The summed E-state index contributed by atoms with van der Waals surface area (Å²) < 4.78 is 38.4. The fourth-order valence-corrected chi connectivity index (χ4v) is 2.07. The van der Waals surface area contributed by atoms with Gasteiger partial charge in [-0.05, 0) is 26.3 Å². The Morgan fingerprint density at radius 1 is 1.23 bits per heavy atom. The molecular weight excluding hydrogens is 305 g/mol. The van der Waals surface area contributed by atoms with Crippen molar-refractivity contribution in [2.24, 2.45) is 7.05 Å². The highest BCUT2D eigenvalue weighted by Gasteiger charge is 2.39. The summed E-state index contributed by atoms with van der Waals surface area (Å²) in [5, 5.41) is 10.6. The second-order valence-corrected chi connectivity index (χ2v) is 4.86. The molecule has 9 heteroatoms. The van der Waals surface area contributed by atoms with E-state index in [1.165, 1.54) is 25.5 Å². The number of ketones is 1. The summed E-state index contributed by atoms with van der Waals surface area (Å²) in [6, 6.07) is -2.19. The third-order valence-electron chi connectivity index (χ3n) is 3.40. The number of carbonyl (C=O) groups is 3. The molecule has 0 radical (unpaired) electrons. The minimum absolute atomic E-state index is 0.0345. The number of rotatable bonds is 4. The summed E-state index contributed by atoms with van der Waals surface area (Å²) in [5.74, 6) is -3.94. The number of Topliss-reactive ketones (excluding diaryl/α,β-unsaturated/α-hetero) is 1. The lowest BCUT2D eigenvalue weighted by Crippen LogP contribution is -2.46. The highest BCUT2D eigenvalue weighted by Crippen LogP contribution is 2.23. The number of nitrogens with one attached hydrogen (secondary N) is 1. The monoisotopic (exact) mass is 320 g/mol. The summed E-state index contributed by atoms with van der Waals surface area (Å²) in [7, 11) is 1.36. The van der Waals surface area contributed by atoms with Crippen LogP contribution in [0.15, 0.2) is 0 Å². The van der Waals surface area contributed by atoms with Crippen LogP contribution in [0.1, 0.15) is 39.0 Å². The molecule has 0 aliphatic rings. The van der Waals surface area contributed by atoms with Crippen LogP contribution in [-0.2, 0) is 11.8 Å². The molecule has 0 aromatic carbocycles. The van der Waals surface area contributed by atoms with Gasteiger partial charge in [0.05, 0.1) is 11.3 Å². The molecule has 0 bridgehead atoms. The molecular formula is C13H15F3N2O4. The van der Waals surface area contributed by atoms with Gasteiger partial charge in [-0.15, -0.1) is 0 Å². The smallest absolute Gasteiger partial charge is 0.408 e. The number of hydrogen-bond donors (Lipinski definition) is 2. The van der Waals surface area contributed by atoms with E-state index < -0.39 is 29.9 Å². The van der Waals surface area contributed by atoms with Crippen LogP contribution in [0.5, 0.6) is 0 Å². The van der Waals surface area contributed by atoms with E-state index in [0.29, 0.717) is 6.92 Å². The number of aromatic carboxylic acids is 1. The highest BCUT2D eigenvalue weighted by molar-refractivity contribution is 6.43. The zero-order chi connectivity index (χ0) is 17.4. The van der Waals surface area contributed by atoms with Crippen molar-refractivity contribution >= 4 is 17.7 Å². The Balaban J connectivity index is 3.17. The van der Waals surface area contributed by atoms with Crippen LogP contribution < -0.4 is 5.32 Å². The fourth-order valence-electron chi connectivity index (χ4n) is 2.07. The van der Waals surface area contributed by atoms with E-state index in [1.807, 2.05) is 0 Å². The highest BCUT2D eigenvalue weighted by atomic mass is 19.4. The number of amides is 1. The minimum atomic E-state index is -4.68. The van der Waals surface area contributed by atoms with Gasteiger partial charge in [-0.3, -0.25) is 9.59 Å². The third-order valence-corrected chi connectivity index (χ3v) is 3.40. The Kier molecular flexibility index (Phi) is 4.69. The quantitative estimate of drug-likeness (QED) is 0.651. The van der Waals surface area contributed by atoms with Crippen LogP contribution in [0.4, 0.5) is 13.2 Å². The minimum Gasteiger partial charge on any atom is -0.478 e. The van der Waals surface area contributed by atoms with Crippen LogP contribution in [0.3, 0.4) is 0 Å². The van der Waals surface area contributed by atoms with E-state index >= 15 is 0 Å². The Labute approximate surface area is 123 Å². The average Bonchev–Trinajstić information content (AvgIpc) is 2.58. The number of alkyl halides is 3. The Bertz CT molecular complexity index is 647. The molecule has 0 saturated heterocycles. The Hall–Kier alpha value is -2.32. The van der Waals surface area contributed by atoms with E-state index in [2.05, 4.69) is 0 Å². The maximum Gasteiger partial charge on any atom is 0.408 e. The molecule has 0 fully saturated rings. The van der Waals surface area contributed by atoms with Crippen LogP contribution >= 0.6 is 0 Å². The molecule has 1 aromatic heterocycles. The standard InChI is InChI=1S/C13H15F3N2O4/c1-5-8(12(21)22)6(2)18(4)9(5)10(19)11(20)17-7(3)13(14,15)16/h7H,1-4H3,(H,17,20)(H,21,22)/t7-/m0/s1. The molecule has 1 atom stereocenters. The first kappa shape index (κ1) is 17.7. The first-order chi connectivity index (χ1) is 9.89. The van der Waals surface area contributed by atoms with Gasteiger partial charge in [0.2, 0.25) is 0 Å². The van der Waals surface area contributed by atoms with E-state index in [1.54, 1.807) is 5.32 Å². The number of carboxylic acids is 1. The number of aromatic nitrogens is 1. The molecule has 0 saturated carbocycles. The molecule has 1 aromatic rings. The number of carboxylic acid groups (broad SMARTS) is 1. The van der Waals surface area contributed by atoms with Gasteiger partial charge >= 0.3 is 12.1 Å². The summed E-state index contributed by atoms with van der Waals surface area (Å²) >= 11 is 0. The number of nitrogens with zero attached hydrogens (tertiary/aromatic N) is 1. The van der Waals surface area contributed by atoms with E-state index in [0.717, 1.165) is 0 Å². The lowest BCUT2D eigenvalue weighted by atomic mass is 10.1. The van der Waals surface area contributed by atoms with E-state index in [-0.39, 0.29) is 22.5 Å². The van der Waals surface area contributed by atoms with Crippen LogP contribution in [-0.4, -0.2) is 39.6 Å². The van der Waals surface area contributed by atoms with Crippen molar-refractivity contribution in [3.8, 4) is 0 Å². The van der Waals surface area contributed by atoms with Crippen molar-refractivity contribution in [1.82, 2.24) is 9.88 Å². The lowest BCUT2D eigenvalue weighted by Gasteiger charge is -2.16. The molecule has 1 amide bonds. The van der Waals surface area contributed by atoms with Crippen molar-refractivity contribution < 1.29 is 32.7 Å². The molecule has 0 unspecified atom stereocenters. The predicted octanol–water partition coefficient (Wildman–Crippen LogP) is 1.59. The van der Waals surface area contributed by atoms with Crippen LogP contribution in [0.25, 0.3) is 0 Å². The SMILES string of the molecule is Cc1c(C(=O)O)c(C)n(C)c1C(=O)C(=O)N[C@@H](C)C(F)(F)F. The van der Waals surface area contributed by atoms with Crippen LogP contribution in [0, 0.1) is 13.8 Å². The van der Waals surface area contributed by atoms with Crippen molar-refractivity contribution in [3.63, 3.8) is 0 Å². The molecule has 0 aliphatic heterocycles. The Morgan fingerprint density at radius 2 is 1.73 bits per heavy atom. The number of carbonyl (C=O) groups excluding carboxylic acids is 2. The second-order valence-electron chi connectivity index (χ2n) is 4.86. The molecule has 1 heterocycles. The first-order valence-corrected chi connectivity index (χ1v) is 6.20. The van der Waals surface area contributed by atoms with Gasteiger partial charge in [-0.1, -0.05) is 0 Å². The van der Waals surface area contributed by atoms with Crippen molar-refractivity contribution in [1.29, 1.82) is 0 Å². The molecule has 1 rings (SSSR count). The van der Waals surface area contributed by atoms with Gasteiger partial charge in [0, 0.05) is 12.7 Å². The summed E-state index contributed by atoms with van der Waals surface area (Å²) in [4.78, 5) is 34.9. The fraction of sp³-hybridized carbons (Fsp3) is 0.462. The van der Waals surface area contributed by atoms with Gasteiger partial charge in [0.15, 0.2) is 0 Å². The van der Waals surface area contributed by atoms with Crippen molar-refractivity contribution in [2.75, 3.05) is 0 Å². The zero-order valence-electron chi connectivity index (χ0n) is 12.3. The number of halogens is 3. The summed E-state index contributed by atoms with van der Waals surface area (Å²) in [6.07, 6.45) is -4.68. The van der Waals surface area contributed by atoms with Gasteiger partial charge in [0.1, 0.15) is 6.04 Å². The normalized spacial score (nSPS) is 12.9. The number of hydrogen-bond acceptors (Lipinski definition) is 3. The zero-order valence-corrected chi connectivity index (χ0v) is 12.3. The second kappa shape index (κ2) is 5.82. The maximum absolute atomic E-state index is 12.4. The largest absolute Gasteiger partial charge is 0.478 e. The van der Waals surface area contributed by atoms with Gasteiger partial charge in [0.25, 0.3) is 11.7 Å². The van der Waals surface area contributed by atoms with Gasteiger partial charge in [-0.25, -0.2) is 4.79 Å². The summed E-state index contributed by atoms with van der Waals surface area (Å²) in [6.45, 7) is 3.46. The topological polar surface area (TPSA) is 88.4 Å². The van der Waals surface area contributed by atoms with E-state index in [9.17, 15) is 27.6 Å². The van der Waals surface area contributed by atoms with Gasteiger partial charge in [-0.2, -0.15) is 13.2 Å². The molecule has 22 heavy (non-hydrogen) atoms. The summed E-state index contributed by atoms with van der Waals surface area (Å²) in [5.41, 5.74) is -0.137.